The van der Waals surface area contributed by atoms with Gasteiger partial charge in [0.05, 0.1) is 11.9 Å². The minimum absolute atomic E-state index is 0.0754. The Balaban J connectivity index is 1.83. The van der Waals surface area contributed by atoms with Gasteiger partial charge in [-0.2, -0.15) is 10.4 Å². The molecular formula is C24H20FN5O. The van der Waals surface area contributed by atoms with E-state index in [2.05, 4.69) is 17.0 Å². The largest absolute Gasteiger partial charge is 0.318 e. The zero-order valence-electron chi connectivity index (χ0n) is 17.2. The molecule has 0 bridgehead atoms. The Morgan fingerprint density at radius 2 is 1.94 bits per heavy atom. The highest BCUT2D eigenvalue weighted by Crippen LogP contribution is 2.31. The van der Waals surface area contributed by atoms with E-state index in [4.69, 9.17) is 0 Å². The van der Waals surface area contributed by atoms with E-state index in [-0.39, 0.29) is 11.1 Å². The summed E-state index contributed by atoms with van der Waals surface area (Å²) in [5.74, 6) is -0.599. The van der Waals surface area contributed by atoms with Crippen molar-refractivity contribution >= 4 is 0 Å². The van der Waals surface area contributed by atoms with Gasteiger partial charge < -0.3 is 4.57 Å². The topological polar surface area (TPSA) is 76.5 Å². The van der Waals surface area contributed by atoms with E-state index < -0.39 is 5.82 Å². The molecule has 3 heterocycles. The fourth-order valence-corrected chi connectivity index (χ4v) is 3.49. The first-order valence-corrected chi connectivity index (χ1v) is 9.91. The van der Waals surface area contributed by atoms with E-state index in [1.165, 1.54) is 21.4 Å². The number of aromatic nitrogens is 4. The van der Waals surface area contributed by atoms with E-state index in [0.717, 1.165) is 40.8 Å². The summed E-state index contributed by atoms with van der Waals surface area (Å²) >= 11 is 0. The average molecular weight is 413 g/mol. The fourth-order valence-electron chi connectivity index (χ4n) is 3.49. The molecule has 0 unspecified atom stereocenters. The number of hydrogen-bond donors (Lipinski definition) is 0. The van der Waals surface area contributed by atoms with E-state index in [1.807, 2.05) is 18.2 Å². The molecule has 0 N–H and O–H groups in total. The molecule has 154 valence electrons. The summed E-state index contributed by atoms with van der Waals surface area (Å²) < 4.78 is 17.0. The van der Waals surface area contributed by atoms with Crippen molar-refractivity contribution in [1.82, 2.24) is 19.3 Å². The highest BCUT2D eigenvalue weighted by Gasteiger charge is 2.15. The van der Waals surface area contributed by atoms with Crippen LogP contribution in [0, 0.1) is 17.1 Å². The number of halogens is 1. The first kappa shape index (κ1) is 20.2. The van der Waals surface area contributed by atoms with Crippen LogP contribution in [0.2, 0.25) is 0 Å². The van der Waals surface area contributed by atoms with Crippen molar-refractivity contribution in [2.24, 2.45) is 7.05 Å². The van der Waals surface area contributed by atoms with Gasteiger partial charge in [-0.1, -0.05) is 25.5 Å². The van der Waals surface area contributed by atoms with E-state index in [9.17, 15) is 14.4 Å². The molecule has 0 amide bonds. The quantitative estimate of drug-likeness (QED) is 0.490. The van der Waals surface area contributed by atoms with Crippen LogP contribution in [0.1, 0.15) is 24.6 Å². The number of hydrogen-bond acceptors (Lipinski definition) is 4. The van der Waals surface area contributed by atoms with Gasteiger partial charge in [0.15, 0.2) is 0 Å². The monoisotopic (exact) mass is 413 g/mol. The fraction of sp³-hybridized carbons (Fsp3) is 0.167. The van der Waals surface area contributed by atoms with Gasteiger partial charge in [0.1, 0.15) is 17.4 Å². The molecule has 0 fully saturated rings. The highest BCUT2D eigenvalue weighted by atomic mass is 19.1. The Bertz CT molecular complexity index is 1350. The maximum absolute atomic E-state index is 14.0. The highest BCUT2D eigenvalue weighted by molar-refractivity contribution is 5.82. The van der Waals surface area contributed by atoms with E-state index >= 15 is 0 Å². The van der Waals surface area contributed by atoms with Crippen LogP contribution < -0.4 is 5.56 Å². The molecule has 1 aromatic carbocycles. The summed E-state index contributed by atoms with van der Waals surface area (Å²) in [7, 11) is 1.68. The number of rotatable bonds is 5. The van der Waals surface area contributed by atoms with E-state index in [0.29, 0.717) is 5.69 Å². The van der Waals surface area contributed by atoms with Crippen LogP contribution >= 0.6 is 0 Å². The summed E-state index contributed by atoms with van der Waals surface area (Å²) in [4.78, 5) is 16.9. The van der Waals surface area contributed by atoms with Gasteiger partial charge in [-0.15, -0.1) is 0 Å². The molecule has 31 heavy (non-hydrogen) atoms. The van der Waals surface area contributed by atoms with Crippen molar-refractivity contribution in [2.45, 2.75) is 19.8 Å². The molecule has 6 nitrogen and oxygen atoms in total. The minimum atomic E-state index is -0.599. The molecule has 4 rings (SSSR count). The summed E-state index contributed by atoms with van der Waals surface area (Å²) in [6.07, 6.45) is 8.77. The molecular weight excluding hydrogens is 393 g/mol. The van der Waals surface area contributed by atoms with Gasteiger partial charge in [-0.05, 0) is 30.2 Å². The predicted octanol–water partition coefficient (Wildman–Crippen LogP) is 4.26. The number of aryl methyl sites for hydroxylation is 2. The number of nitriles is 1. The molecule has 7 heteroatoms. The lowest BCUT2D eigenvalue weighted by Crippen LogP contribution is -2.15. The second-order valence-electron chi connectivity index (χ2n) is 7.26. The number of nitrogens with zero attached hydrogens (tertiary/aromatic N) is 5. The minimum Gasteiger partial charge on any atom is -0.318 e. The standard InChI is InChI=1S/C24H20FN5O/c1-3-5-18-9-8-16(12-27-18)19-10-24(31)29(2)15-21(19)17-13-28-30(14-17)23-7-4-6-22(25)20(23)11-26/h4,6-10,12-15H,3,5H2,1-2H3. The van der Waals surface area contributed by atoms with E-state index in [1.54, 1.807) is 44.0 Å². The van der Waals surface area contributed by atoms with Gasteiger partial charge in [0, 0.05) is 54.1 Å². The molecule has 0 aliphatic heterocycles. The SMILES string of the molecule is CCCc1ccc(-c2cc(=O)n(C)cc2-c2cnn(-c3cccc(F)c3C#N)c2)cn1. The normalized spacial score (nSPS) is 10.8. The van der Waals surface area contributed by atoms with Crippen LogP contribution in [-0.2, 0) is 13.5 Å². The second-order valence-corrected chi connectivity index (χ2v) is 7.26. The van der Waals surface area contributed by atoms with Gasteiger partial charge in [0.25, 0.3) is 5.56 Å². The third-order valence-corrected chi connectivity index (χ3v) is 5.11. The molecule has 0 radical (unpaired) electrons. The first-order valence-electron chi connectivity index (χ1n) is 9.91. The maximum atomic E-state index is 14.0. The molecule has 4 aromatic rings. The third-order valence-electron chi connectivity index (χ3n) is 5.11. The van der Waals surface area contributed by atoms with Crippen LogP contribution in [0.25, 0.3) is 27.9 Å². The Hall–Kier alpha value is -4.05. The van der Waals surface area contributed by atoms with Crippen molar-refractivity contribution in [3.63, 3.8) is 0 Å². The summed E-state index contributed by atoms with van der Waals surface area (Å²) in [6.45, 7) is 2.10. The molecule has 0 saturated heterocycles. The third kappa shape index (κ3) is 3.88. The zero-order valence-corrected chi connectivity index (χ0v) is 17.2. The number of pyridine rings is 2. The van der Waals surface area contributed by atoms with Gasteiger partial charge in [0.2, 0.25) is 0 Å². The molecule has 0 saturated carbocycles. The molecule has 0 spiro atoms. The Kier molecular flexibility index (Phi) is 5.46. The van der Waals surface area contributed by atoms with Crippen LogP contribution in [0.4, 0.5) is 4.39 Å². The smallest absolute Gasteiger partial charge is 0.250 e. The maximum Gasteiger partial charge on any atom is 0.250 e. The molecule has 0 atom stereocenters. The number of benzene rings is 1. The Morgan fingerprint density at radius 3 is 2.65 bits per heavy atom. The van der Waals surface area contributed by atoms with Crippen LogP contribution in [0.3, 0.4) is 0 Å². The summed E-state index contributed by atoms with van der Waals surface area (Å²) in [5.41, 5.74) is 4.21. The Morgan fingerprint density at radius 1 is 1.10 bits per heavy atom. The van der Waals surface area contributed by atoms with Gasteiger partial charge >= 0.3 is 0 Å². The van der Waals surface area contributed by atoms with Crippen molar-refractivity contribution < 1.29 is 4.39 Å². The average Bonchev–Trinajstić information content (AvgIpc) is 3.26. The second kappa shape index (κ2) is 8.36. The molecule has 3 aromatic heterocycles. The lowest BCUT2D eigenvalue weighted by atomic mass is 9.99. The Labute approximate surface area is 178 Å². The lowest BCUT2D eigenvalue weighted by molar-refractivity contribution is 0.621. The molecule has 0 aliphatic carbocycles. The zero-order chi connectivity index (χ0) is 22.0. The van der Waals surface area contributed by atoms with Crippen molar-refractivity contribution in [3.8, 4) is 34.0 Å². The van der Waals surface area contributed by atoms with Crippen molar-refractivity contribution in [1.29, 1.82) is 5.26 Å². The first-order chi connectivity index (χ1) is 15.0. The van der Waals surface area contributed by atoms with Gasteiger partial charge in [-0.25, -0.2) is 9.07 Å². The predicted molar refractivity (Wildman–Crippen MR) is 116 cm³/mol. The van der Waals surface area contributed by atoms with Crippen LogP contribution in [0.15, 0.2) is 66.0 Å². The summed E-state index contributed by atoms with van der Waals surface area (Å²) in [6, 6.07) is 11.8. The van der Waals surface area contributed by atoms with Gasteiger partial charge in [-0.3, -0.25) is 9.78 Å². The van der Waals surface area contributed by atoms with Crippen molar-refractivity contribution in [2.75, 3.05) is 0 Å². The summed E-state index contributed by atoms with van der Waals surface area (Å²) in [5, 5.41) is 13.7. The van der Waals surface area contributed by atoms with Crippen LogP contribution in [0.5, 0.6) is 0 Å². The molecule has 0 aliphatic rings. The van der Waals surface area contributed by atoms with Crippen LogP contribution in [-0.4, -0.2) is 19.3 Å². The lowest BCUT2D eigenvalue weighted by Gasteiger charge is -2.11. The van der Waals surface area contributed by atoms with Crippen molar-refractivity contribution in [3.05, 3.63) is 88.6 Å².